The van der Waals surface area contributed by atoms with Gasteiger partial charge >= 0.3 is 5.97 Å². The molecule has 9 heteroatoms. The van der Waals surface area contributed by atoms with E-state index in [1.165, 1.54) is 11.3 Å². The predicted octanol–water partition coefficient (Wildman–Crippen LogP) is 5.63. The summed E-state index contributed by atoms with van der Waals surface area (Å²) in [5, 5.41) is 12.2. The predicted molar refractivity (Wildman–Crippen MR) is 151 cm³/mol. The van der Waals surface area contributed by atoms with Gasteiger partial charge in [0.25, 0.3) is 0 Å². The van der Waals surface area contributed by atoms with Crippen LogP contribution in [0.25, 0.3) is 22.4 Å². The van der Waals surface area contributed by atoms with Gasteiger partial charge in [-0.05, 0) is 61.6 Å². The summed E-state index contributed by atoms with van der Waals surface area (Å²) in [7, 11) is 0. The molecule has 1 aliphatic carbocycles. The average molecular weight is 545 g/mol. The van der Waals surface area contributed by atoms with Crippen LogP contribution in [0.3, 0.4) is 0 Å². The summed E-state index contributed by atoms with van der Waals surface area (Å²) in [6, 6.07) is 11.8. The molecule has 8 nitrogen and oxygen atoms in total. The lowest BCUT2D eigenvalue weighted by Crippen LogP contribution is -2.43. The van der Waals surface area contributed by atoms with Gasteiger partial charge in [-0.2, -0.15) is 0 Å². The van der Waals surface area contributed by atoms with Crippen LogP contribution in [-0.4, -0.2) is 45.9 Å². The number of nitrogens with zero attached hydrogens (tertiary/aromatic N) is 4. The fourth-order valence-corrected chi connectivity index (χ4v) is 6.97. The van der Waals surface area contributed by atoms with Crippen molar-refractivity contribution >= 4 is 40.1 Å². The monoisotopic (exact) mass is 544 g/mol. The fraction of sp³-hybridized carbons (Fsp3) is 0.433. The molecule has 3 aliphatic rings. The molecule has 3 aromatic rings. The highest BCUT2D eigenvalue weighted by molar-refractivity contribution is 7.14. The van der Waals surface area contributed by atoms with E-state index >= 15 is 0 Å². The molecule has 0 radical (unpaired) electrons. The number of aromatic nitrogens is 2. The van der Waals surface area contributed by atoms with Gasteiger partial charge in [0.15, 0.2) is 5.13 Å². The number of pyridine rings is 1. The van der Waals surface area contributed by atoms with Gasteiger partial charge in [0, 0.05) is 42.2 Å². The Balaban J connectivity index is 1.28. The largest absolute Gasteiger partial charge is 0.481 e. The normalized spacial score (nSPS) is 22.2. The van der Waals surface area contributed by atoms with Crippen molar-refractivity contribution in [3.05, 3.63) is 48.0 Å². The van der Waals surface area contributed by atoms with E-state index in [1.54, 1.807) is 16.0 Å². The van der Waals surface area contributed by atoms with Crippen molar-refractivity contribution in [1.82, 2.24) is 9.97 Å². The number of aliphatic carboxylic acids is 1. The van der Waals surface area contributed by atoms with Crippen molar-refractivity contribution in [2.45, 2.75) is 51.4 Å². The number of thiazole rings is 1. The molecule has 2 saturated heterocycles. The lowest BCUT2D eigenvalue weighted by molar-refractivity contribution is -0.142. The third kappa shape index (κ3) is 5.32. The van der Waals surface area contributed by atoms with Crippen molar-refractivity contribution in [2.24, 2.45) is 17.8 Å². The van der Waals surface area contributed by atoms with E-state index in [-0.39, 0.29) is 24.2 Å². The van der Waals surface area contributed by atoms with Crippen molar-refractivity contribution in [3.8, 4) is 22.4 Å². The van der Waals surface area contributed by atoms with Crippen molar-refractivity contribution in [1.29, 1.82) is 0 Å². The second kappa shape index (κ2) is 10.9. The molecule has 2 unspecified atom stereocenters. The molecule has 2 aliphatic heterocycles. The molecule has 202 valence electrons. The van der Waals surface area contributed by atoms with Gasteiger partial charge < -0.3 is 5.11 Å². The Morgan fingerprint density at radius 2 is 1.77 bits per heavy atom. The van der Waals surface area contributed by atoms with Gasteiger partial charge in [-0.25, -0.2) is 9.97 Å². The maximum absolute atomic E-state index is 13.8. The van der Waals surface area contributed by atoms with Crippen LogP contribution in [0.4, 0.5) is 10.9 Å². The highest BCUT2D eigenvalue weighted by Crippen LogP contribution is 2.46. The minimum Gasteiger partial charge on any atom is -0.481 e. The molecule has 1 saturated carbocycles. The zero-order valence-electron chi connectivity index (χ0n) is 21.8. The minimum absolute atomic E-state index is 0.0977. The Hall–Kier alpha value is -3.59. The molecule has 2 atom stereocenters. The topological polar surface area (TPSA) is 104 Å². The highest BCUT2D eigenvalue weighted by Gasteiger charge is 2.43. The first kappa shape index (κ1) is 25.7. The van der Waals surface area contributed by atoms with E-state index in [9.17, 15) is 19.5 Å². The summed E-state index contributed by atoms with van der Waals surface area (Å²) in [6.45, 7) is 1.26. The van der Waals surface area contributed by atoms with E-state index in [0.29, 0.717) is 36.4 Å². The van der Waals surface area contributed by atoms with Crippen LogP contribution in [0.1, 0.15) is 51.4 Å². The van der Waals surface area contributed by atoms with Crippen LogP contribution in [-0.2, 0) is 14.4 Å². The number of anilines is 2. The van der Waals surface area contributed by atoms with Crippen LogP contribution in [0.15, 0.2) is 48.0 Å². The van der Waals surface area contributed by atoms with Gasteiger partial charge in [0.05, 0.1) is 18.0 Å². The zero-order valence-corrected chi connectivity index (χ0v) is 22.6. The Morgan fingerprint density at radius 1 is 0.974 bits per heavy atom. The standard InChI is InChI=1S/C30H32N4O4S/c35-27-9-5-15-33(27)26-13-12-20(17-31-26)22-6-1-2-8-23(22)25-18-39-30(32-25)34-14-4-3-7-21(19-10-11-19)24(29(34)38)16-28(36)37/h1-2,6,8,12-13,17-19,21,24H,3-5,7,9-11,14-16H2,(H,36,37). The van der Waals surface area contributed by atoms with E-state index in [4.69, 9.17) is 4.98 Å². The maximum atomic E-state index is 13.8. The second-order valence-electron chi connectivity index (χ2n) is 10.8. The number of carbonyl (C=O) groups is 3. The number of benzene rings is 1. The van der Waals surface area contributed by atoms with Crippen molar-refractivity contribution in [3.63, 3.8) is 0 Å². The molecule has 2 aromatic heterocycles. The summed E-state index contributed by atoms with van der Waals surface area (Å²) in [5.41, 5.74) is 3.60. The zero-order chi connectivity index (χ0) is 26.9. The van der Waals surface area contributed by atoms with Gasteiger partial charge in [0.2, 0.25) is 11.8 Å². The third-order valence-electron chi connectivity index (χ3n) is 8.23. The fourth-order valence-electron chi connectivity index (χ4n) is 6.12. The van der Waals surface area contributed by atoms with Crippen LogP contribution in [0.5, 0.6) is 0 Å². The van der Waals surface area contributed by atoms with Crippen LogP contribution >= 0.6 is 11.3 Å². The van der Waals surface area contributed by atoms with E-state index < -0.39 is 11.9 Å². The van der Waals surface area contributed by atoms with Crippen molar-refractivity contribution < 1.29 is 19.5 Å². The number of carbonyl (C=O) groups excluding carboxylic acids is 2. The number of carboxylic acid groups (broad SMARTS) is 1. The van der Waals surface area contributed by atoms with E-state index in [0.717, 1.165) is 60.9 Å². The first-order valence-electron chi connectivity index (χ1n) is 13.8. The molecular weight excluding hydrogens is 512 g/mol. The molecule has 0 bridgehead atoms. The summed E-state index contributed by atoms with van der Waals surface area (Å²) in [5.74, 6) is -0.115. The second-order valence-corrected chi connectivity index (χ2v) is 11.6. The molecule has 0 spiro atoms. The molecule has 4 heterocycles. The summed E-state index contributed by atoms with van der Waals surface area (Å²) in [4.78, 5) is 50.5. The number of amides is 2. The van der Waals surface area contributed by atoms with Crippen LogP contribution < -0.4 is 9.80 Å². The number of hydrogen-bond acceptors (Lipinski definition) is 6. The molecule has 1 aromatic carbocycles. The Bertz CT molecular complexity index is 1380. The van der Waals surface area contributed by atoms with Gasteiger partial charge in [-0.15, -0.1) is 11.3 Å². The molecule has 3 fully saturated rings. The number of rotatable bonds is 7. The lowest BCUT2D eigenvalue weighted by Gasteiger charge is -2.33. The number of hydrogen-bond donors (Lipinski definition) is 1. The summed E-state index contributed by atoms with van der Waals surface area (Å²) < 4.78 is 0. The first-order valence-corrected chi connectivity index (χ1v) is 14.7. The molecule has 2 amide bonds. The lowest BCUT2D eigenvalue weighted by atomic mass is 9.80. The highest BCUT2D eigenvalue weighted by atomic mass is 32.1. The van der Waals surface area contributed by atoms with Gasteiger partial charge in [0.1, 0.15) is 5.82 Å². The molecule has 39 heavy (non-hydrogen) atoms. The van der Waals surface area contributed by atoms with Crippen LogP contribution in [0.2, 0.25) is 0 Å². The third-order valence-corrected chi connectivity index (χ3v) is 9.09. The van der Waals surface area contributed by atoms with Crippen LogP contribution in [0, 0.1) is 17.8 Å². The smallest absolute Gasteiger partial charge is 0.304 e. The number of carboxylic acids is 1. The maximum Gasteiger partial charge on any atom is 0.304 e. The molecule has 6 rings (SSSR count). The Morgan fingerprint density at radius 3 is 2.46 bits per heavy atom. The average Bonchev–Trinajstić information content (AvgIpc) is 3.50. The Labute approximate surface area is 231 Å². The van der Waals surface area contributed by atoms with E-state index in [2.05, 4.69) is 4.98 Å². The quantitative estimate of drug-likeness (QED) is 0.413. The molecule has 1 N–H and O–H groups in total. The minimum atomic E-state index is -0.915. The summed E-state index contributed by atoms with van der Waals surface area (Å²) >= 11 is 1.43. The first-order chi connectivity index (χ1) is 19.0. The SMILES string of the molecule is O=C(O)CC1C(=O)N(c2nc(-c3ccccc3-c3ccc(N4CCCC4=O)nc3)cs2)CCCCC1C1CC1. The van der Waals surface area contributed by atoms with Gasteiger partial charge in [-0.3, -0.25) is 24.2 Å². The van der Waals surface area contributed by atoms with Gasteiger partial charge in [-0.1, -0.05) is 30.7 Å². The van der Waals surface area contributed by atoms with E-state index in [1.807, 2.05) is 41.8 Å². The summed E-state index contributed by atoms with van der Waals surface area (Å²) in [6.07, 6.45) is 8.09. The van der Waals surface area contributed by atoms with Crippen molar-refractivity contribution in [2.75, 3.05) is 22.9 Å². The molecular formula is C30H32N4O4S. The Kier molecular flexibility index (Phi) is 7.16.